The molecule has 0 spiro atoms. The van der Waals surface area contributed by atoms with Gasteiger partial charge in [0.1, 0.15) is 12.1 Å². The SMILES string of the molecule is C=CCC(N)C(=O)OC1CCCCC1CC. The zero-order valence-electron chi connectivity index (χ0n) is 10.2. The molecule has 3 heteroatoms. The van der Waals surface area contributed by atoms with Crippen LogP contribution in [0, 0.1) is 5.92 Å². The van der Waals surface area contributed by atoms with E-state index in [1.54, 1.807) is 6.08 Å². The van der Waals surface area contributed by atoms with E-state index in [0.717, 1.165) is 19.3 Å². The van der Waals surface area contributed by atoms with E-state index in [1.807, 2.05) is 0 Å². The van der Waals surface area contributed by atoms with Crippen molar-refractivity contribution in [3.05, 3.63) is 12.7 Å². The lowest BCUT2D eigenvalue weighted by atomic mass is 9.85. The molecule has 3 unspecified atom stereocenters. The highest BCUT2D eigenvalue weighted by Crippen LogP contribution is 2.29. The first-order valence-electron chi connectivity index (χ1n) is 6.26. The maximum atomic E-state index is 11.7. The highest BCUT2D eigenvalue weighted by molar-refractivity contribution is 5.75. The quantitative estimate of drug-likeness (QED) is 0.577. The molecule has 0 aromatic rings. The fourth-order valence-corrected chi connectivity index (χ4v) is 2.31. The number of esters is 1. The molecule has 0 saturated heterocycles. The summed E-state index contributed by atoms with van der Waals surface area (Å²) in [5.41, 5.74) is 5.69. The zero-order valence-corrected chi connectivity index (χ0v) is 10.2. The molecule has 16 heavy (non-hydrogen) atoms. The summed E-state index contributed by atoms with van der Waals surface area (Å²) in [4.78, 5) is 11.7. The van der Waals surface area contributed by atoms with Crippen molar-refractivity contribution < 1.29 is 9.53 Å². The molecule has 0 amide bonds. The van der Waals surface area contributed by atoms with Crippen molar-refractivity contribution in [3.63, 3.8) is 0 Å². The molecule has 3 atom stereocenters. The summed E-state index contributed by atoms with van der Waals surface area (Å²) in [6.07, 6.45) is 7.88. The van der Waals surface area contributed by atoms with Crippen LogP contribution in [0.5, 0.6) is 0 Å². The highest BCUT2D eigenvalue weighted by atomic mass is 16.5. The van der Waals surface area contributed by atoms with Gasteiger partial charge < -0.3 is 10.5 Å². The molecule has 0 aromatic carbocycles. The van der Waals surface area contributed by atoms with E-state index in [1.165, 1.54) is 12.8 Å². The van der Waals surface area contributed by atoms with Crippen LogP contribution in [0.3, 0.4) is 0 Å². The van der Waals surface area contributed by atoms with Crippen LogP contribution in [0.4, 0.5) is 0 Å². The van der Waals surface area contributed by atoms with Crippen molar-refractivity contribution in [2.24, 2.45) is 11.7 Å². The van der Waals surface area contributed by atoms with Gasteiger partial charge in [0.15, 0.2) is 0 Å². The largest absolute Gasteiger partial charge is 0.461 e. The summed E-state index contributed by atoms with van der Waals surface area (Å²) < 4.78 is 5.50. The molecule has 0 bridgehead atoms. The van der Waals surface area contributed by atoms with Gasteiger partial charge in [0.2, 0.25) is 0 Å². The van der Waals surface area contributed by atoms with Gasteiger partial charge in [0.25, 0.3) is 0 Å². The number of hydrogen-bond donors (Lipinski definition) is 1. The third kappa shape index (κ3) is 3.63. The van der Waals surface area contributed by atoms with Gasteiger partial charge in [-0.3, -0.25) is 4.79 Å². The Kier molecular flexibility index (Phi) is 5.53. The van der Waals surface area contributed by atoms with Gasteiger partial charge in [0, 0.05) is 0 Å². The Morgan fingerprint density at radius 2 is 2.25 bits per heavy atom. The van der Waals surface area contributed by atoms with E-state index < -0.39 is 6.04 Å². The van der Waals surface area contributed by atoms with Crippen molar-refractivity contribution in [1.82, 2.24) is 0 Å². The van der Waals surface area contributed by atoms with E-state index >= 15 is 0 Å². The second-order valence-electron chi connectivity index (χ2n) is 4.56. The number of carbonyl (C=O) groups is 1. The minimum Gasteiger partial charge on any atom is -0.461 e. The summed E-state index contributed by atoms with van der Waals surface area (Å²) >= 11 is 0. The zero-order chi connectivity index (χ0) is 12.0. The fraction of sp³-hybridized carbons (Fsp3) is 0.769. The Hall–Kier alpha value is -0.830. The smallest absolute Gasteiger partial charge is 0.323 e. The monoisotopic (exact) mass is 225 g/mol. The minimum atomic E-state index is -0.545. The summed E-state index contributed by atoms with van der Waals surface area (Å²) in [5.74, 6) is 0.249. The number of carbonyl (C=O) groups excluding carboxylic acids is 1. The van der Waals surface area contributed by atoms with Gasteiger partial charge >= 0.3 is 5.97 Å². The average molecular weight is 225 g/mol. The van der Waals surface area contributed by atoms with Crippen molar-refractivity contribution in [2.45, 2.75) is 57.6 Å². The molecular weight excluding hydrogens is 202 g/mol. The fourth-order valence-electron chi connectivity index (χ4n) is 2.31. The Morgan fingerprint density at radius 3 is 2.88 bits per heavy atom. The molecule has 1 aliphatic rings. The number of rotatable bonds is 5. The molecule has 0 heterocycles. The first kappa shape index (κ1) is 13.2. The van der Waals surface area contributed by atoms with Crippen LogP contribution in [0.15, 0.2) is 12.7 Å². The van der Waals surface area contributed by atoms with Gasteiger partial charge in [-0.2, -0.15) is 0 Å². The Morgan fingerprint density at radius 1 is 1.56 bits per heavy atom. The molecule has 3 nitrogen and oxygen atoms in total. The van der Waals surface area contributed by atoms with Crippen LogP contribution < -0.4 is 5.73 Å². The second-order valence-corrected chi connectivity index (χ2v) is 4.56. The van der Waals surface area contributed by atoms with Gasteiger partial charge in [-0.15, -0.1) is 6.58 Å². The maximum Gasteiger partial charge on any atom is 0.323 e. The van der Waals surface area contributed by atoms with Gasteiger partial charge in [-0.1, -0.05) is 19.4 Å². The lowest BCUT2D eigenvalue weighted by Crippen LogP contribution is -2.38. The minimum absolute atomic E-state index is 0.0853. The molecule has 0 aromatic heterocycles. The number of ether oxygens (including phenoxy) is 1. The van der Waals surface area contributed by atoms with Gasteiger partial charge in [0.05, 0.1) is 0 Å². The molecular formula is C13H23NO2. The Balaban J connectivity index is 2.44. The van der Waals surface area contributed by atoms with E-state index in [9.17, 15) is 4.79 Å². The van der Waals surface area contributed by atoms with Crippen molar-refractivity contribution in [1.29, 1.82) is 0 Å². The Bertz CT molecular complexity index is 240. The van der Waals surface area contributed by atoms with Crippen molar-refractivity contribution in [2.75, 3.05) is 0 Å². The summed E-state index contributed by atoms with van der Waals surface area (Å²) in [7, 11) is 0. The first-order valence-corrected chi connectivity index (χ1v) is 6.26. The average Bonchev–Trinajstić information content (AvgIpc) is 2.30. The van der Waals surface area contributed by atoms with E-state index in [2.05, 4.69) is 13.5 Å². The van der Waals surface area contributed by atoms with E-state index in [4.69, 9.17) is 10.5 Å². The molecule has 1 saturated carbocycles. The topological polar surface area (TPSA) is 52.3 Å². The summed E-state index contributed by atoms with van der Waals surface area (Å²) in [6, 6.07) is -0.545. The number of hydrogen-bond acceptors (Lipinski definition) is 3. The summed E-state index contributed by atoms with van der Waals surface area (Å²) in [6.45, 7) is 5.73. The van der Waals surface area contributed by atoms with Crippen LogP contribution >= 0.6 is 0 Å². The second kappa shape index (κ2) is 6.69. The molecule has 1 rings (SSSR count). The van der Waals surface area contributed by atoms with E-state index in [0.29, 0.717) is 12.3 Å². The van der Waals surface area contributed by atoms with Crippen LogP contribution in [0.1, 0.15) is 45.4 Å². The van der Waals surface area contributed by atoms with Crippen molar-refractivity contribution >= 4 is 5.97 Å². The molecule has 1 aliphatic carbocycles. The van der Waals surface area contributed by atoms with Crippen LogP contribution in [0.25, 0.3) is 0 Å². The van der Waals surface area contributed by atoms with Gasteiger partial charge in [-0.25, -0.2) is 0 Å². The predicted molar refractivity (Wildman–Crippen MR) is 64.9 cm³/mol. The third-order valence-corrected chi connectivity index (χ3v) is 3.35. The Labute approximate surface area is 98.0 Å². The molecule has 2 N–H and O–H groups in total. The lowest BCUT2D eigenvalue weighted by Gasteiger charge is -2.31. The first-order chi connectivity index (χ1) is 7.69. The lowest BCUT2D eigenvalue weighted by molar-refractivity contribution is -0.155. The molecule has 1 fully saturated rings. The van der Waals surface area contributed by atoms with Gasteiger partial charge in [-0.05, 0) is 38.0 Å². The molecule has 0 radical (unpaired) electrons. The van der Waals surface area contributed by atoms with Crippen LogP contribution in [0.2, 0.25) is 0 Å². The normalized spacial score (nSPS) is 27.1. The van der Waals surface area contributed by atoms with E-state index in [-0.39, 0.29) is 12.1 Å². The molecule has 92 valence electrons. The predicted octanol–water partition coefficient (Wildman–Crippen LogP) is 2.40. The van der Waals surface area contributed by atoms with Crippen LogP contribution in [-0.4, -0.2) is 18.1 Å². The third-order valence-electron chi connectivity index (χ3n) is 3.35. The van der Waals surface area contributed by atoms with Crippen LogP contribution in [-0.2, 0) is 9.53 Å². The molecule has 0 aliphatic heterocycles. The summed E-state index contributed by atoms with van der Waals surface area (Å²) in [5, 5.41) is 0. The maximum absolute atomic E-state index is 11.7. The standard InChI is InChI=1S/C13H23NO2/c1-3-7-11(14)13(15)16-12-9-6-5-8-10(12)4-2/h3,10-12H,1,4-9,14H2,2H3. The number of nitrogens with two attached hydrogens (primary N) is 1. The van der Waals surface area contributed by atoms with Crippen molar-refractivity contribution in [3.8, 4) is 0 Å². The highest BCUT2D eigenvalue weighted by Gasteiger charge is 2.28.